The van der Waals surface area contributed by atoms with Crippen LogP contribution in [0.25, 0.3) is 0 Å². The first kappa shape index (κ1) is 18.2. The molecule has 0 aliphatic heterocycles. The van der Waals surface area contributed by atoms with Crippen molar-refractivity contribution in [3.05, 3.63) is 53.9 Å². The van der Waals surface area contributed by atoms with Crippen molar-refractivity contribution in [2.75, 3.05) is 7.11 Å². The van der Waals surface area contributed by atoms with Crippen molar-refractivity contribution in [2.45, 2.75) is 51.9 Å². The molecule has 1 aromatic heterocycles. The molecule has 0 amide bonds. The molecule has 0 aliphatic rings. The first-order chi connectivity index (χ1) is 11.8. The molecule has 0 radical (unpaired) electrons. The fourth-order valence-corrected chi connectivity index (χ4v) is 2.57. The van der Waals surface area contributed by atoms with E-state index < -0.39 is 0 Å². The van der Waals surface area contributed by atoms with E-state index in [9.17, 15) is 0 Å². The topological polar surface area (TPSA) is 34.5 Å². The van der Waals surface area contributed by atoms with Crippen LogP contribution in [0.4, 0.5) is 5.69 Å². The first-order valence-electron chi connectivity index (χ1n) is 8.95. The molecule has 1 heterocycles. The van der Waals surface area contributed by atoms with Crippen molar-refractivity contribution >= 4 is 11.9 Å². The quantitative estimate of drug-likeness (QED) is 0.412. The van der Waals surface area contributed by atoms with Gasteiger partial charge in [-0.05, 0) is 54.8 Å². The zero-order chi connectivity index (χ0) is 17.0. The molecule has 0 spiro atoms. The molecular formula is C21H28N2O. The minimum absolute atomic E-state index is 0.855. The molecule has 0 fully saturated rings. The van der Waals surface area contributed by atoms with Crippen LogP contribution in [0.2, 0.25) is 0 Å². The van der Waals surface area contributed by atoms with E-state index in [1.807, 2.05) is 42.7 Å². The van der Waals surface area contributed by atoms with E-state index in [0.717, 1.165) is 29.1 Å². The Labute approximate surface area is 145 Å². The van der Waals surface area contributed by atoms with Crippen LogP contribution >= 0.6 is 0 Å². The molecule has 3 nitrogen and oxygen atoms in total. The summed E-state index contributed by atoms with van der Waals surface area (Å²) in [5.74, 6) is 0.855. The van der Waals surface area contributed by atoms with E-state index in [0.29, 0.717) is 0 Å². The Balaban J connectivity index is 1.77. The highest BCUT2D eigenvalue weighted by atomic mass is 16.5. The lowest BCUT2D eigenvalue weighted by molar-refractivity contribution is 0.415. The van der Waals surface area contributed by atoms with Crippen LogP contribution in [0.3, 0.4) is 0 Å². The highest BCUT2D eigenvalue weighted by Crippen LogP contribution is 2.14. The summed E-state index contributed by atoms with van der Waals surface area (Å²) in [4.78, 5) is 8.99. The lowest BCUT2D eigenvalue weighted by Crippen LogP contribution is -1.90. The van der Waals surface area contributed by atoms with Gasteiger partial charge in [0.15, 0.2) is 0 Å². The van der Waals surface area contributed by atoms with E-state index in [4.69, 9.17) is 4.74 Å². The maximum absolute atomic E-state index is 5.15. The minimum atomic E-state index is 0.855. The Morgan fingerprint density at radius 3 is 2.38 bits per heavy atom. The van der Waals surface area contributed by atoms with Crippen LogP contribution in [0, 0.1) is 0 Å². The number of methoxy groups -OCH3 is 1. The van der Waals surface area contributed by atoms with Gasteiger partial charge in [0.2, 0.25) is 0 Å². The lowest BCUT2D eigenvalue weighted by atomic mass is 10.1. The van der Waals surface area contributed by atoms with Gasteiger partial charge < -0.3 is 4.74 Å². The summed E-state index contributed by atoms with van der Waals surface area (Å²) < 4.78 is 5.15. The van der Waals surface area contributed by atoms with Gasteiger partial charge in [-0.2, -0.15) is 0 Å². The van der Waals surface area contributed by atoms with Crippen molar-refractivity contribution in [1.29, 1.82) is 0 Å². The summed E-state index contributed by atoms with van der Waals surface area (Å²) in [5, 5.41) is 0. The summed E-state index contributed by atoms with van der Waals surface area (Å²) in [6.07, 6.45) is 12.7. The molecule has 2 rings (SSSR count). The number of hydrogen-bond donors (Lipinski definition) is 0. The maximum Gasteiger partial charge on any atom is 0.118 e. The predicted octanol–water partition coefficient (Wildman–Crippen LogP) is 5.74. The van der Waals surface area contributed by atoms with Gasteiger partial charge in [0.05, 0.1) is 19.0 Å². The normalized spacial score (nSPS) is 11.1. The number of aromatic nitrogens is 1. The number of unbranched alkanes of at least 4 members (excludes halogenated alkanes) is 5. The molecule has 128 valence electrons. The fraction of sp³-hybridized carbons (Fsp3) is 0.429. The average molecular weight is 324 g/mol. The molecule has 1 aromatic carbocycles. The van der Waals surface area contributed by atoms with Gasteiger partial charge in [0, 0.05) is 11.9 Å². The monoisotopic (exact) mass is 324 g/mol. The lowest BCUT2D eigenvalue weighted by Gasteiger charge is -2.02. The average Bonchev–Trinajstić information content (AvgIpc) is 2.64. The van der Waals surface area contributed by atoms with E-state index in [1.165, 1.54) is 38.5 Å². The number of aliphatic imine (C=N–C) groups is 1. The molecule has 0 N–H and O–H groups in total. The highest BCUT2D eigenvalue weighted by Gasteiger charge is 1.97. The van der Waals surface area contributed by atoms with Gasteiger partial charge in [0.1, 0.15) is 5.75 Å². The van der Waals surface area contributed by atoms with Crippen LogP contribution in [0.5, 0.6) is 5.75 Å². The largest absolute Gasteiger partial charge is 0.497 e. The van der Waals surface area contributed by atoms with Crippen molar-refractivity contribution < 1.29 is 4.74 Å². The third-order valence-electron chi connectivity index (χ3n) is 4.07. The molecule has 0 saturated carbocycles. The van der Waals surface area contributed by atoms with Crippen molar-refractivity contribution in [3.8, 4) is 5.75 Å². The van der Waals surface area contributed by atoms with E-state index in [1.54, 1.807) is 7.11 Å². The number of hydrogen-bond acceptors (Lipinski definition) is 3. The van der Waals surface area contributed by atoms with Crippen LogP contribution in [-0.4, -0.2) is 18.3 Å². The van der Waals surface area contributed by atoms with Crippen LogP contribution < -0.4 is 4.74 Å². The number of aryl methyl sites for hydroxylation is 1. The van der Waals surface area contributed by atoms with Gasteiger partial charge >= 0.3 is 0 Å². The van der Waals surface area contributed by atoms with Gasteiger partial charge in [0.25, 0.3) is 0 Å². The number of ether oxygens (including phenoxy) is 1. The molecule has 0 saturated heterocycles. The standard InChI is InChI=1S/C21H28N2O/c1-3-4-5-6-7-8-9-19-12-13-20(17-23-19)22-16-18-10-14-21(24-2)15-11-18/h10-17H,3-9H2,1-2H3. The maximum atomic E-state index is 5.15. The van der Waals surface area contributed by atoms with E-state index in [-0.39, 0.29) is 0 Å². The zero-order valence-electron chi connectivity index (χ0n) is 14.9. The smallest absolute Gasteiger partial charge is 0.118 e. The number of pyridine rings is 1. The fourth-order valence-electron chi connectivity index (χ4n) is 2.57. The minimum Gasteiger partial charge on any atom is -0.497 e. The second-order valence-corrected chi connectivity index (χ2v) is 6.06. The third-order valence-corrected chi connectivity index (χ3v) is 4.07. The van der Waals surface area contributed by atoms with E-state index >= 15 is 0 Å². The van der Waals surface area contributed by atoms with Crippen molar-refractivity contribution in [1.82, 2.24) is 4.98 Å². The zero-order valence-corrected chi connectivity index (χ0v) is 14.9. The summed E-state index contributed by atoms with van der Waals surface area (Å²) in [5.41, 5.74) is 3.10. The van der Waals surface area contributed by atoms with Gasteiger partial charge in [-0.25, -0.2) is 0 Å². The van der Waals surface area contributed by atoms with Crippen LogP contribution in [0.15, 0.2) is 47.6 Å². The molecule has 0 atom stereocenters. The number of rotatable bonds is 10. The molecule has 3 heteroatoms. The molecule has 24 heavy (non-hydrogen) atoms. The second kappa shape index (κ2) is 10.6. The molecule has 2 aromatic rings. The SMILES string of the molecule is CCCCCCCCc1ccc(N=Cc2ccc(OC)cc2)cn1. The third kappa shape index (κ3) is 6.53. The van der Waals surface area contributed by atoms with Crippen molar-refractivity contribution in [2.24, 2.45) is 4.99 Å². The summed E-state index contributed by atoms with van der Waals surface area (Å²) in [6, 6.07) is 12.0. The molecule has 0 unspecified atom stereocenters. The molecule has 0 bridgehead atoms. The highest BCUT2D eigenvalue weighted by molar-refractivity contribution is 5.81. The Hall–Kier alpha value is -2.16. The Morgan fingerprint density at radius 2 is 1.71 bits per heavy atom. The predicted molar refractivity (Wildman–Crippen MR) is 102 cm³/mol. The Bertz CT molecular complexity index is 603. The second-order valence-electron chi connectivity index (χ2n) is 6.06. The van der Waals surface area contributed by atoms with Crippen molar-refractivity contribution in [3.63, 3.8) is 0 Å². The Morgan fingerprint density at radius 1 is 0.958 bits per heavy atom. The first-order valence-corrected chi connectivity index (χ1v) is 8.95. The van der Waals surface area contributed by atoms with Crippen LogP contribution in [0.1, 0.15) is 56.7 Å². The molecular weight excluding hydrogens is 296 g/mol. The molecule has 0 aliphatic carbocycles. The van der Waals surface area contributed by atoms with Gasteiger partial charge in [-0.3, -0.25) is 9.98 Å². The summed E-state index contributed by atoms with van der Waals surface area (Å²) in [6.45, 7) is 2.25. The number of benzene rings is 1. The van der Waals surface area contributed by atoms with Gasteiger partial charge in [-0.15, -0.1) is 0 Å². The number of nitrogens with zero attached hydrogens (tertiary/aromatic N) is 2. The van der Waals surface area contributed by atoms with E-state index in [2.05, 4.69) is 23.0 Å². The van der Waals surface area contributed by atoms with Crippen LogP contribution in [-0.2, 0) is 6.42 Å². The summed E-state index contributed by atoms with van der Waals surface area (Å²) in [7, 11) is 1.67. The Kier molecular flexibility index (Phi) is 8.02. The van der Waals surface area contributed by atoms with Gasteiger partial charge in [-0.1, -0.05) is 39.0 Å². The summed E-state index contributed by atoms with van der Waals surface area (Å²) >= 11 is 0.